The van der Waals surface area contributed by atoms with Crippen molar-refractivity contribution in [2.24, 2.45) is 0 Å². The number of sulfonamides is 1. The number of nitrogens with zero attached hydrogens (tertiary/aromatic N) is 1. The van der Waals surface area contributed by atoms with Gasteiger partial charge >= 0.3 is 0 Å². The number of anilines is 1. The molecule has 0 aliphatic heterocycles. The Balaban J connectivity index is 2.15. The minimum atomic E-state index is -3.65. The van der Waals surface area contributed by atoms with Crippen LogP contribution in [0, 0.1) is 5.82 Å². The van der Waals surface area contributed by atoms with Crippen LogP contribution in [-0.4, -0.2) is 27.1 Å². The molecule has 2 aromatic rings. The Bertz CT molecular complexity index is 856. The van der Waals surface area contributed by atoms with Crippen LogP contribution in [0.2, 0.25) is 0 Å². The topological polar surface area (TPSA) is 66.5 Å². The third kappa shape index (κ3) is 5.27. The molecule has 0 bridgehead atoms. The van der Waals surface area contributed by atoms with E-state index in [9.17, 15) is 17.6 Å². The molecule has 0 aliphatic rings. The largest absolute Gasteiger partial charge is 0.348 e. The highest BCUT2D eigenvalue weighted by molar-refractivity contribution is 9.10. The Kier molecular flexibility index (Phi) is 6.18. The lowest BCUT2D eigenvalue weighted by Gasteiger charge is -2.24. The summed E-state index contributed by atoms with van der Waals surface area (Å²) in [7, 11) is -3.65. The van der Waals surface area contributed by atoms with Gasteiger partial charge in [0.25, 0.3) is 0 Å². The van der Waals surface area contributed by atoms with Gasteiger partial charge in [-0.15, -0.1) is 0 Å². The lowest BCUT2D eigenvalue weighted by Crippen LogP contribution is -2.41. The van der Waals surface area contributed by atoms with E-state index in [4.69, 9.17) is 0 Å². The molecule has 0 fully saturated rings. The van der Waals surface area contributed by atoms with E-state index in [1.807, 2.05) is 0 Å². The minimum absolute atomic E-state index is 0.354. The average molecular weight is 429 g/mol. The van der Waals surface area contributed by atoms with Crippen molar-refractivity contribution in [3.8, 4) is 0 Å². The molecule has 0 unspecified atom stereocenters. The minimum Gasteiger partial charge on any atom is -0.348 e. The third-order valence-electron chi connectivity index (χ3n) is 3.56. The first-order valence-electron chi connectivity index (χ1n) is 7.45. The smallest absolute Gasteiger partial charge is 0.241 e. The highest BCUT2D eigenvalue weighted by Gasteiger charge is 2.23. The Morgan fingerprint density at radius 1 is 1.20 bits per heavy atom. The van der Waals surface area contributed by atoms with E-state index in [0.29, 0.717) is 10.2 Å². The van der Waals surface area contributed by atoms with Gasteiger partial charge in [0.2, 0.25) is 15.9 Å². The first-order valence-corrected chi connectivity index (χ1v) is 10.1. The monoisotopic (exact) mass is 428 g/mol. The van der Waals surface area contributed by atoms with Crippen LogP contribution in [0.15, 0.2) is 53.0 Å². The molecule has 1 amide bonds. The molecular formula is C17H18BrFN2O3S. The number of nitrogens with one attached hydrogen (secondary N) is 1. The number of carbonyl (C=O) groups excluding carboxylic acids is 1. The van der Waals surface area contributed by atoms with Gasteiger partial charge in [0.1, 0.15) is 12.4 Å². The maximum atomic E-state index is 13.0. The maximum absolute atomic E-state index is 13.0. The molecule has 0 aliphatic carbocycles. The van der Waals surface area contributed by atoms with Crippen LogP contribution >= 0.6 is 15.9 Å². The van der Waals surface area contributed by atoms with Crippen molar-refractivity contribution in [3.63, 3.8) is 0 Å². The summed E-state index contributed by atoms with van der Waals surface area (Å²) >= 11 is 3.30. The van der Waals surface area contributed by atoms with Gasteiger partial charge in [-0.3, -0.25) is 9.10 Å². The number of benzene rings is 2. The fourth-order valence-corrected chi connectivity index (χ4v) is 3.77. The van der Waals surface area contributed by atoms with Crippen LogP contribution in [0.4, 0.5) is 10.1 Å². The Morgan fingerprint density at radius 2 is 1.80 bits per heavy atom. The van der Waals surface area contributed by atoms with Crippen LogP contribution in [0.3, 0.4) is 0 Å². The van der Waals surface area contributed by atoms with Crippen LogP contribution in [0.5, 0.6) is 0 Å². The van der Waals surface area contributed by atoms with Gasteiger partial charge in [-0.05, 0) is 52.7 Å². The first kappa shape index (κ1) is 19.4. The number of hydrogen-bond acceptors (Lipinski definition) is 3. The third-order valence-corrected chi connectivity index (χ3v) is 5.35. The summed E-state index contributed by atoms with van der Waals surface area (Å²) < 4.78 is 38.8. The van der Waals surface area contributed by atoms with Crippen molar-refractivity contribution >= 4 is 37.5 Å². The highest BCUT2D eigenvalue weighted by Crippen LogP contribution is 2.27. The second-order valence-electron chi connectivity index (χ2n) is 5.56. The lowest BCUT2D eigenvalue weighted by molar-refractivity contribution is -0.120. The van der Waals surface area contributed by atoms with Gasteiger partial charge in [-0.1, -0.05) is 24.3 Å². The van der Waals surface area contributed by atoms with Gasteiger partial charge in [-0.2, -0.15) is 0 Å². The molecule has 0 radical (unpaired) electrons. The maximum Gasteiger partial charge on any atom is 0.241 e. The predicted molar refractivity (Wildman–Crippen MR) is 99.3 cm³/mol. The molecule has 0 spiro atoms. The van der Waals surface area contributed by atoms with Crippen molar-refractivity contribution in [1.82, 2.24) is 5.32 Å². The second-order valence-corrected chi connectivity index (χ2v) is 8.32. The normalized spacial score (nSPS) is 12.5. The zero-order valence-electron chi connectivity index (χ0n) is 13.7. The van der Waals surface area contributed by atoms with Crippen LogP contribution in [0.1, 0.15) is 18.5 Å². The van der Waals surface area contributed by atoms with E-state index < -0.39 is 15.9 Å². The number of carbonyl (C=O) groups is 1. The molecule has 0 aromatic heterocycles. The molecule has 1 N–H and O–H groups in total. The molecule has 25 heavy (non-hydrogen) atoms. The van der Waals surface area contributed by atoms with E-state index in [1.54, 1.807) is 43.3 Å². The molecule has 1 atom stereocenters. The van der Waals surface area contributed by atoms with Crippen molar-refractivity contribution in [3.05, 3.63) is 64.4 Å². The predicted octanol–water partition coefficient (Wildman–Crippen LogP) is 3.23. The van der Waals surface area contributed by atoms with Crippen molar-refractivity contribution < 1.29 is 17.6 Å². The molecular weight excluding hydrogens is 411 g/mol. The van der Waals surface area contributed by atoms with E-state index in [1.165, 1.54) is 12.1 Å². The number of para-hydroxylation sites is 1. The number of halogens is 2. The summed E-state index contributed by atoms with van der Waals surface area (Å²) in [6, 6.07) is 12.1. The number of amides is 1. The standard InChI is InChI=1S/C17H18BrFN2O3S/c1-12(13-7-9-14(19)10-8-13)20-17(22)11-21(25(2,23)24)16-6-4-3-5-15(16)18/h3-10,12H,11H2,1-2H3,(H,20,22)/t12-/m0/s1. The average Bonchev–Trinajstić information content (AvgIpc) is 2.53. The Hall–Kier alpha value is -1.93. The molecule has 134 valence electrons. The molecule has 5 nitrogen and oxygen atoms in total. The van der Waals surface area contributed by atoms with Crippen LogP contribution in [0.25, 0.3) is 0 Å². The van der Waals surface area contributed by atoms with Gasteiger partial charge in [-0.25, -0.2) is 12.8 Å². The first-order chi connectivity index (χ1) is 11.7. The van der Waals surface area contributed by atoms with Crippen molar-refractivity contribution in [2.75, 3.05) is 17.1 Å². The van der Waals surface area contributed by atoms with Crippen LogP contribution < -0.4 is 9.62 Å². The summed E-state index contributed by atoms with van der Waals surface area (Å²) in [6.45, 7) is 1.39. The number of rotatable bonds is 6. The fraction of sp³-hybridized carbons (Fsp3) is 0.235. The highest BCUT2D eigenvalue weighted by atomic mass is 79.9. The van der Waals surface area contributed by atoms with Crippen molar-refractivity contribution in [1.29, 1.82) is 0 Å². The zero-order chi connectivity index (χ0) is 18.6. The SMILES string of the molecule is C[C@H](NC(=O)CN(c1ccccc1Br)S(C)(=O)=O)c1ccc(F)cc1. The summed E-state index contributed by atoms with van der Waals surface area (Å²) in [5.74, 6) is -0.822. The van der Waals surface area contributed by atoms with E-state index >= 15 is 0 Å². The Morgan fingerprint density at radius 3 is 2.36 bits per heavy atom. The van der Waals surface area contributed by atoms with Gasteiger partial charge in [0, 0.05) is 4.47 Å². The van der Waals surface area contributed by atoms with E-state index in [-0.39, 0.29) is 18.4 Å². The van der Waals surface area contributed by atoms with E-state index in [2.05, 4.69) is 21.2 Å². The fourth-order valence-electron chi connectivity index (χ4n) is 2.29. The van der Waals surface area contributed by atoms with E-state index in [0.717, 1.165) is 16.1 Å². The second kappa shape index (κ2) is 7.97. The molecule has 0 saturated carbocycles. The number of hydrogen-bond donors (Lipinski definition) is 1. The molecule has 0 saturated heterocycles. The van der Waals surface area contributed by atoms with Gasteiger partial charge in [0.15, 0.2) is 0 Å². The molecule has 8 heteroatoms. The van der Waals surface area contributed by atoms with Crippen molar-refractivity contribution in [2.45, 2.75) is 13.0 Å². The lowest BCUT2D eigenvalue weighted by atomic mass is 10.1. The Labute approximate surface area is 155 Å². The molecule has 0 heterocycles. The zero-order valence-corrected chi connectivity index (χ0v) is 16.1. The molecule has 2 rings (SSSR count). The quantitative estimate of drug-likeness (QED) is 0.767. The molecule has 2 aromatic carbocycles. The summed E-state index contributed by atoms with van der Waals surface area (Å²) in [4.78, 5) is 12.3. The summed E-state index contributed by atoms with van der Waals surface area (Å²) in [5, 5.41) is 2.72. The van der Waals surface area contributed by atoms with Crippen LogP contribution in [-0.2, 0) is 14.8 Å². The summed E-state index contributed by atoms with van der Waals surface area (Å²) in [5.41, 5.74) is 1.11. The summed E-state index contributed by atoms with van der Waals surface area (Å²) in [6.07, 6.45) is 1.04. The van der Waals surface area contributed by atoms with Gasteiger partial charge < -0.3 is 5.32 Å². The van der Waals surface area contributed by atoms with Gasteiger partial charge in [0.05, 0.1) is 18.0 Å².